The maximum Gasteiger partial charge on any atom is 0.377 e. The van der Waals surface area contributed by atoms with Gasteiger partial charge in [-0.05, 0) is 12.3 Å². The predicted octanol–water partition coefficient (Wildman–Crippen LogP) is -1.66. The third-order valence-corrected chi connectivity index (χ3v) is 4.33. The van der Waals surface area contributed by atoms with Gasteiger partial charge < -0.3 is 20.1 Å². The first kappa shape index (κ1) is 12.5. The van der Waals surface area contributed by atoms with Gasteiger partial charge in [0.05, 0.1) is 25.9 Å². The maximum atomic E-state index is 11.3. The molecule has 8 heteroatoms. The largest absolute Gasteiger partial charge is 0.463 e. The highest BCUT2D eigenvalue weighted by molar-refractivity contribution is 5.84. The molecule has 3 N–H and O–H groups in total. The molecule has 2 fully saturated rings. The Morgan fingerprint density at radius 2 is 2.37 bits per heavy atom. The van der Waals surface area contributed by atoms with Gasteiger partial charge in [-0.1, -0.05) is 0 Å². The number of nitrogens with zero attached hydrogens (tertiary/aromatic N) is 3. The highest BCUT2D eigenvalue weighted by Gasteiger charge is 2.71. The fourth-order valence-electron chi connectivity index (χ4n) is 3.14. The second-order valence-corrected chi connectivity index (χ2v) is 5.17. The summed E-state index contributed by atoms with van der Waals surface area (Å²) in [4.78, 5) is 15.1. The van der Waals surface area contributed by atoms with Gasteiger partial charge in [-0.15, -0.1) is 5.10 Å². The highest BCUT2D eigenvalue weighted by Crippen LogP contribution is 2.67. The fourth-order valence-corrected chi connectivity index (χ4v) is 3.14. The molecular formula is C11H15N3O5. The van der Waals surface area contributed by atoms with Crippen molar-refractivity contribution in [1.29, 1.82) is 0 Å². The van der Waals surface area contributed by atoms with Crippen LogP contribution in [-0.2, 0) is 4.74 Å². The van der Waals surface area contributed by atoms with E-state index in [1.807, 2.05) is 0 Å². The number of hydrogen-bond acceptors (Lipinski definition) is 7. The minimum absolute atomic E-state index is 0.0605. The summed E-state index contributed by atoms with van der Waals surface area (Å²) in [5.41, 5.74) is -0.637. The van der Waals surface area contributed by atoms with Crippen molar-refractivity contribution in [2.45, 2.75) is 24.7 Å². The van der Waals surface area contributed by atoms with E-state index < -0.39 is 29.6 Å². The van der Waals surface area contributed by atoms with Crippen molar-refractivity contribution in [1.82, 2.24) is 14.8 Å². The zero-order valence-electron chi connectivity index (χ0n) is 10.3. The molecule has 2 aliphatic carbocycles. The first-order valence-corrected chi connectivity index (χ1v) is 6.01. The number of aliphatic hydroxyl groups excluding tert-OH is 3. The number of ether oxygens (including phenoxy) is 1. The van der Waals surface area contributed by atoms with Crippen LogP contribution in [0.1, 0.15) is 23.1 Å². The Morgan fingerprint density at radius 3 is 2.95 bits per heavy atom. The summed E-state index contributed by atoms with van der Waals surface area (Å²) in [6.07, 6.45) is -0.0605. The minimum Gasteiger partial charge on any atom is -0.463 e. The number of rotatable bonds is 3. The normalized spacial score (nSPS) is 40.0. The third kappa shape index (κ3) is 1.54. The Hall–Kier alpha value is -1.51. The average molecular weight is 269 g/mol. The van der Waals surface area contributed by atoms with Crippen molar-refractivity contribution in [3.63, 3.8) is 0 Å². The summed E-state index contributed by atoms with van der Waals surface area (Å²) >= 11 is 0. The van der Waals surface area contributed by atoms with E-state index in [-0.39, 0.29) is 18.3 Å². The van der Waals surface area contributed by atoms with Crippen molar-refractivity contribution in [2.24, 2.45) is 11.3 Å². The van der Waals surface area contributed by atoms with Crippen LogP contribution < -0.4 is 0 Å². The summed E-state index contributed by atoms with van der Waals surface area (Å²) < 4.78 is 5.88. The lowest BCUT2D eigenvalue weighted by atomic mass is 10.0. The molecule has 2 saturated carbocycles. The van der Waals surface area contributed by atoms with E-state index in [0.29, 0.717) is 6.42 Å². The van der Waals surface area contributed by atoms with Crippen LogP contribution in [0.3, 0.4) is 0 Å². The van der Waals surface area contributed by atoms with Gasteiger partial charge in [-0.3, -0.25) is 0 Å². The zero-order valence-corrected chi connectivity index (χ0v) is 10.3. The number of aliphatic hydroxyl groups is 3. The molecule has 5 atom stereocenters. The maximum absolute atomic E-state index is 11.3. The van der Waals surface area contributed by atoms with Crippen LogP contribution in [0.4, 0.5) is 0 Å². The molecule has 0 aromatic carbocycles. The molecule has 1 aromatic heterocycles. The van der Waals surface area contributed by atoms with E-state index in [1.165, 1.54) is 18.1 Å². The topological polar surface area (TPSA) is 118 Å². The highest BCUT2D eigenvalue weighted by atomic mass is 16.5. The Bertz CT molecular complexity index is 518. The van der Waals surface area contributed by atoms with E-state index in [4.69, 9.17) is 0 Å². The van der Waals surface area contributed by atoms with Crippen molar-refractivity contribution >= 4 is 5.97 Å². The number of carbonyl (C=O) groups is 1. The molecule has 2 aliphatic rings. The summed E-state index contributed by atoms with van der Waals surface area (Å²) in [5.74, 6) is -0.808. The minimum atomic E-state index is -1.03. The predicted molar refractivity (Wildman–Crippen MR) is 60.0 cm³/mol. The van der Waals surface area contributed by atoms with E-state index >= 15 is 0 Å². The van der Waals surface area contributed by atoms with Gasteiger partial charge in [0, 0.05) is 5.41 Å². The molecule has 0 aliphatic heterocycles. The second kappa shape index (κ2) is 3.99. The molecule has 0 saturated heterocycles. The van der Waals surface area contributed by atoms with Gasteiger partial charge in [0.1, 0.15) is 12.4 Å². The number of esters is 1. The van der Waals surface area contributed by atoms with Crippen molar-refractivity contribution < 1.29 is 24.9 Å². The lowest BCUT2D eigenvalue weighted by molar-refractivity contribution is -0.0318. The van der Waals surface area contributed by atoms with Crippen LogP contribution in [0, 0.1) is 11.3 Å². The SMILES string of the molecule is COC(=O)c1ncn([C@@H]2C3C[C@@]3(CO)C(O)[C@H]2O)n1. The molecular weight excluding hydrogens is 254 g/mol. The van der Waals surface area contributed by atoms with Gasteiger partial charge in [0.15, 0.2) is 0 Å². The molecule has 0 amide bonds. The van der Waals surface area contributed by atoms with Crippen LogP contribution in [0.15, 0.2) is 6.33 Å². The van der Waals surface area contributed by atoms with Crippen molar-refractivity contribution in [3.05, 3.63) is 12.2 Å². The Morgan fingerprint density at radius 1 is 1.63 bits per heavy atom. The van der Waals surface area contributed by atoms with Crippen molar-refractivity contribution in [2.75, 3.05) is 13.7 Å². The van der Waals surface area contributed by atoms with E-state index in [2.05, 4.69) is 14.8 Å². The Balaban J connectivity index is 1.88. The van der Waals surface area contributed by atoms with Gasteiger partial charge in [0.2, 0.25) is 0 Å². The average Bonchev–Trinajstić information content (AvgIpc) is 2.86. The number of hydrogen-bond donors (Lipinski definition) is 3. The molecule has 0 radical (unpaired) electrons. The fraction of sp³-hybridized carbons (Fsp3) is 0.727. The number of aromatic nitrogens is 3. The third-order valence-electron chi connectivity index (χ3n) is 4.33. The Labute approximate surface area is 108 Å². The first-order valence-electron chi connectivity index (χ1n) is 6.01. The number of carbonyl (C=O) groups excluding carboxylic acids is 1. The smallest absolute Gasteiger partial charge is 0.377 e. The van der Waals surface area contributed by atoms with Crippen LogP contribution in [0.2, 0.25) is 0 Å². The van der Waals surface area contributed by atoms with Gasteiger partial charge in [-0.2, -0.15) is 0 Å². The second-order valence-electron chi connectivity index (χ2n) is 5.17. The number of methoxy groups -OCH3 is 1. The molecule has 1 aromatic rings. The molecule has 3 rings (SSSR count). The van der Waals surface area contributed by atoms with Crippen LogP contribution in [-0.4, -0.2) is 62.0 Å². The molecule has 0 bridgehead atoms. The van der Waals surface area contributed by atoms with Crippen LogP contribution >= 0.6 is 0 Å². The van der Waals surface area contributed by atoms with E-state index in [9.17, 15) is 20.1 Å². The summed E-state index contributed by atoms with van der Waals surface area (Å²) in [5, 5.41) is 33.4. The zero-order chi connectivity index (χ0) is 13.8. The lowest BCUT2D eigenvalue weighted by Crippen LogP contribution is -2.35. The monoisotopic (exact) mass is 269 g/mol. The number of fused-ring (bicyclic) bond motifs is 1. The molecule has 0 spiro atoms. The quantitative estimate of drug-likeness (QED) is 0.562. The van der Waals surface area contributed by atoms with E-state index in [1.54, 1.807) is 0 Å². The van der Waals surface area contributed by atoms with Gasteiger partial charge in [-0.25, -0.2) is 14.5 Å². The molecule has 1 heterocycles. The van der Waals surface area contributed by atoms with Crippen LogP contribution in [0.5, 0.6) is 0 Å². The summed E-state index contributed by atoms with van der Waals surface area (Å²) in [6.45, 7) is -0.176. The molecule has 8 nitrogen and oxygen atoms in total. The molecule has 2 unspecified atom stereocenters. The lowest BCUT2D eigenvalue weighted by Gasteiger charge is -2.22. The first-order chi connectivity index (χ1) is 9.05. The Kier molecular flexibility index (Phi) is 2.63. The standard InChI is InChI=1S/C11H15N3O5/c1-19-10(18)9-12-4-14(13-9)6-5-2-11(5,3-15)8(17)7(6)16/h4-8,15-17H,2-3H2,1H3/t5?,6-,7+,8?,11+/m1/s1. The summed E-state index contributed by atoms with van der Waals surface area (Å²) in [7, 11) is 1.23. The van der Waals surface area contributed by atoms with Crippen molar-refractivity contribution in [3.8, 4) is 0 Å². The van der Waals surface area contributed by atoms with Gasteiger partial charge >= 0.3 is 5.97 Å². The molecule has 104 valence electrons. The van der Waals surface area contributed by atoms with E-state index in [0.717, 1.165) is 0 Å². The molecule has 19 heavy (non-hydrogen) atoms. The summed E-state index contributed by atoms with van der Waals surface area (Å²) in [6, 6.07) is -0.479. The van der Waals surface area contributed by atoms with Gasteiger partial charge in [0.25, 0.3) is 5.82 Å². The van der Waals surface area contributed by atoms with Crippen LogP contribution in [0.25, 0.3) is 0 Å².